The minimum Gasteiger partial charge on any atom is -0.352 e. The summed E-state index contributed by atoms with van der Waals surface area (Å²) in [5, 5.41) is 4.22. The largest absolute Gasteiger partial charge is 0.352 e. The molecule has 2 amide bonds. The van der Waals surface area contributed by atoms with Crippen molar-refractivity contribution in [3.8, 4) is 0 Å². The van der Waals surface area contributed by atoms with Crippen molar-refractivity contribution in [1.82, 2.24) is 10.2 Å². The molecule has 1 atom stereocenters. The maximum Gasteiger partial charge on any atom is 0.264 e. The third-order valence-corrected chi connectivity index (χ3v) is 10.9. The summed E-state index contributed by atoms with van der Waals surface area (Å²) in [4.78, 5) is 30.2. The molecule has 1 unspecified atom stereocenters. The fourth-order valence-corrected chi connectivity index (χ4v) is 7.81. The molecular formula is C36H36Cl3N3O4S. The smallest absolute Gasteiger partial charge is 0.264 e. The SMILES string of the molecule is Cc1ccc(S(=O)(=O)N(CC(=O)N(Cc2ccc(Cl)cc2Cl)C(Cc2ccccc2)C(=O)NC2CCCC2)c2cccc(Cl)c2)cc1. The molecule has 0 aromatic heterocycles. The molecule has 47 heavy (non-hydrogen) atoms. The summed E-state index contributed by atoms with van der Waals surface area (Å²) in [7, 11) is -4.24. The first-order valence-electron chi connectivity index (χ1n) is 15.4. The maximum absolute atomic E-state index is 14.6. The normalized spacial score (nSPS) is 14.0. The Morgan fingerprint density at radius 2 is 1.53 bits per heavy atom. The molecule has 7 nitrogen and oxygen atoms in total. The number of hydrogen-bond donors (Lipinski definition) is 1. The minimum atomic E-state index is -4.24. The highest BCUT2D eigenvalue weighted by Gasteiger charge is 2.36. The van der Waals surface area contributed by atoms with Gasteiger partial charge in [-0.2, -0.15) is 0 Å². The van der Waals surface area contributed by atoms with E-state index in [9.17, 15) is 18.0 Å². The third kappa shape index (κ3) is 8.87. The van der Waals surface area contributed by atoms with Gasteiger partial charge in [-0.25, -0.2) is 8.42 Å². The summed E-state index contributed by atoms with van der Waals surface area (Å²) in [5.41, 5.74) is 2.51. The summed E-state index contributed by atoms with van der Waals surface area (Å²) in [6, 6.07) is 26.1. The van der Waals surface area contributed by atoms with Gasteiger partial charge in [-0.05, 0) is 73.4 Å². The topological polar surface area (TPSA) is 86.8 Å². The zero-order valence-electron chi connectivity index (χ0n) is 25.9. The van der Waals surface area contributed by atoms with Gasteiger partial charge in [0.25, 0.3) is 10.0 Å². The van der Waals surface area contributed by atoms with Crippen LogP contribution in [0, 0.1) is 6.92 Å². The standard InChI is InChI=1S/C36H36Cl3N3O4S/c1-25-14-18-32(19-15-25)47(45,46)42(31-13-7-10-28(37)21-31)24-35(43)41(23-27-16-17-29(38)22-33(27)39)34(20-26-8-3-2-4-9-26)36(44)40-30-11-5-6-12-30/h2-4,7-10,13-19,21-22,30,34H,5-6,11-12,20,23-24H2,1H3,(H,40,44). The van der Waals surface area contributed by atoms with Gasteiger partial charge in [0.05, 0.1) is 10.6 Å². The van der Waals surface area contributed by atoms with Crippen molar-refractivity contribution in [2.24, 2.45) is 0 Å². The van der Waals surface area contributed by atoms with Crippen LogP contribution in [0.25, 0.3) is 0 Å². The number of nitrogens with one attached hydrogen (secondary N) is 1. The zero-order chi connectivity index (χ0) is 33.6. The van der Waals surface area contributed by atoms with Gasteiger partial charge in [0.1, 0.15) is 12.6 Å². The van der Waals surface area contributed by atoms with Crippen LogP contribution < -0.4 is 9.62 Å². The van der Waals surface area contributed by atoms with Crippen molar-refractivity contribution < 1.29 is 18.0 Å². The molecular weight excluding hydrogens is 677 g/mol. The highest BCUT2D eigenvalue weighted by Crippen LogP contribution is 2.29. The van der Waals surface area contributed by atoms with E-state index in [-0.39, 0.29) is 35.5 Å². The number of amides is 2. The molecule has 0 heterocycles. The lowest BCUT2D eigenvalue weighted by Crippen LogP contribution is -2.54. The lowest BCUT2D eigenvalue weighted by atomic mass is 10.0. The number of nitrogens with zero attached hydrogens (tertiary/aromatic N) is 2. The number of carbonyl (C=O) groups is 2. The Bertz CT molecular complexity index is 1820. The predicted octanol–water partition coefficient (Wildman–Crippen LogP) is 7.85. The van der Waals surface area contributed by atoms with E-state index in [2.05, 4.69) is 5.32 Å². The average Bonchev–Trinajstić information content (AvgIpc) is 3.56. The molecule has 4 aromatic rings. The molecule has 1 aliphatic carbocycles. The van der Waals surface area contributed by atoms with Crippen LogP contribution in [-0.4, -0.2) is 43.8 Å². The van der Waals surface area contributed by atoms with E-state index < -0.39 is 28.5 Å². The van der Waals surface area contributed by atoms with Crippen LogP contribution in [0.2, 0.25) is 15.1 Å². The number of hydrogen-bond acceptors (Lipinski definition) is 4. The highest BCUT2D eigenvalue weighted by molar-refractivity contribution is 7.92. The van der Waals surface area contributed by atoms with Crippen LogP contribution in [0.15, 0.2) is 102 Å². The fraction of sp³-hybridized carbons (Fsp3) is 0.278. The molecule has 0 radical (unpaired) electrons. The van der Waals surface area contributed by atoms with E-state index in [0.717, 1.165) is 41.1 Å². The van der Waals surface area contributed by atoms with E-state index in [4.69, 9.17) is 34.8 Å². The van der Waals surface area contributed by atoms with E-state index in [1.165, 1.54) is 23.1 Å². The first kappa shape index (κ1) is 34.8. The van der Waals surface area contributed by atoms with E-state index in [0.29, 0.717) is 20.6 Å². The predicted molar refractivity (Wildman–Crippen MR) is 189 cm³/mol. The molecule has 4 aromatic carbocycles. The molecule has 1 saturated carbocycles. The molecule has 0 spiro atoms. The van der Waals surface area contributed by atoms with Crippen molar-refractivity contribution in [1.29, 1.82) is 0 Å². The summed E-state index contributed by atoms with van der Waals surface area (Å²) in [5.74, 6) is -0.899. The summed E-state index contributed by atoms with van der Waals surface area (Å²) in [6.45, 7) is 1.21. The van der Waals surface area contributed by atoms with Crippen LogP contribution in [-0.2, 0) is 32.6 Å². The Hall–Kier alpha value is -3.56. The van der Waals surface area contributed by atoms with Gasteiger partial charge in [0.2, 0.25) is 11.8 Å². The molecule has 1 aliphatic rings. The molecule has 0 bridgehead atoms. The Morgan fingerprint density at radius 1 is 0.851 bits per heavy atom. The Morgan fingerprint density at radius 3 is 2.19 bits per heavy atom. The van der Waals surface area contributed by atoms with Crippen LogP contribution >= 0.6 is 34.8 Å². The molecule has 246 valence electrons. The molecule has 0 saturated heterocycles. The first-order valence-corrected chi connectivity index (χ1v) is 18.0. The fourth-order valence-electron chi connectivity index (χ4n) is 5.75. The second-order valence-electron chi connectivity index (χ2n) is 11.8. The number of halogens is 3. The second-order valence-corrected chi connectivity index (χ2v) is 14.9. The molecule has 1 N–H and O–H groups in total. The number of rotatable bonds is 12. The van der Waals surface area contributed by atoms with Gasteiger partial charge in [0, 0.05) is 34.1 Å². The van der Waals surface area contributed by atoms with E-state index in [1.807, 2.05) is 37.3 Å². The van der Waals surface area contributed by atoms with Crippen LogP contribution in [0.5, 0.6) is 0 Å². The lowest BCUT2D eigenvalue weighted by Gasteiger charge is -2.34. The average molecular weight is 713 g/mol. The molecule has 1 fully saturated rings. The number of sulfonamides is 1. The van der Waals surface area contributed by atoms with Gasteiger partial charge in [-0.15, -0.1) is 0 Å². The van der Waals surface area contributed by atoms with Crippen LogP contribution in [0.3, 0.4) is 0 Å². The lowest BCUT2D eigenvalue weighted by molar-refractivity contribution is -0.140. The Kier molecular flexibility index (Phi) is 11.5. The Balaban J connectivity index is 1.58. The van der Waals surface area contributed by atoms with Crippen molar-refractivity contribution in [3.05, 3.63) is 129 Å². The first-order chi connectivity index (χ1) is 22.5. The highest BCUT2D eigenvalue weighted by atomic mass is 35.5. The number of benzene rings is 4. The maximum atomic E-state index is 14.6. The van der Waals surface area contributed by atoms with Crippen molar-refractivity contribution >= 4 is 62.3 Å². The summed E-state index contributed by atoms with van der Waals surface area (Å²) < 4.78 is 29.4. The third-order valence-electron chi connectivity index (χ3n) is 8.31. The van der Waals surface area contributed by atoms with Crippen LogP contribution in [0.4, 0.5) is 5.69 Å². The number of anilines is 1. The second kappa shape index (κ2) is 15.6. The van der Waals surface area contributed by atoms with Crippen LogP contribution in [0.1, 0.15) is 42.4 Å². The van der Waals surface area contributed by atoms with E-state index >= 15 is 0 Å². The summed E-state index contributed by atoms with van der Waals surface area (Å²) in [6.07, 6.45) is 3.96. The van der Waals surface area contributed by atoms with Gasteiger partial charge in [0.15, 0.2) is 0 Å². The number of aryl methyl sites for hydroxylation is 1. The Labute approximate surface area is 291 Å². The van der Waals surface area contributed by atoms with Gasteiger partial charge < -0.3 is 10.2 Å². The van der Waals surface area contributed by atoms with Gasteiger partial charge in [-0.3, -0.25) is 13.9 Å². The zero-order valence-corrected chi connectivity index (χ0v) is 29.0. The minimum absolute atomic E-state index is 0.00159. The molecule has 5 rings (SSSR count). The molecule has 0 aliphatic heterocycles. The summed E-state index contributed by atoms with van der Waals surface area (Å²) >= 11 is 19.1. The number of carbonyl (C=O) groups excluding carboxylic acids is 2. The van der Waals surface area contributed by atoms with Crippen molar-refractivity contribution in [2.45, 2.75) is 62.6 Å². The van der Waals surface area contributed by atoms with E-state index in [1.54, 1.807) is 48.5 Å². The quantitative estimate of drug-likeness (QED) is 0.162. The molecule has 11 heteroatoms. The van der Waals surface area contributed by atoms with Crippen molar-refractivity contribution in [3.63, 3.8) is 0 Å². The van der Waals surface area contributed by atoms with Gasteiger partial charge >= 0.3 is 0 Å². The van der Waals surface area contributed by atoms with Crippen molar-refractivity contribution in [2.75, 3.05) is 10.8 Å². The van der Waals surface area contributed by atoms with Gasteiger partial charge in [-0.1, -0.05) is 108 Å². The monoisotopic (exact) mass is 711 g/mol.